The normalized spacial score (nSPS) is 15.6. The van der Waals surface area contributed by atoms with Gasteiger partial charge in [0.15, 0.2) is 0 Å². The van der Waals surface area contributed by atoms with E-state index in [0.717, 1.165) is 21.7 Å². The Morgan fingerprint density at radius 1 is 1.09 bits per heavy atom. The van der Waals surface area contributed by atoms with Crippen molar-refractivity contribution < 1.29 is 9.53 Å². The standard InChI is InChI=1S/C27H23N3O2S/c1-2-32-27(31)24-23(21-14-9-15-29-17-21)22(16-28)26(33-18-19-10-5-3-6-11-19)30-25(24)20-12-7-4-8-13-20/h3-15,17,23,30H,2,18H2,1H3. The minimum atomic E-state index is -0.586. The molecule has 0 saturated carbocycles. The first kappa shape index (κ1) is 22.4. The summed E-state index contributed by atoms with van der Waals surface area (Å²) in [6.45, 7) is 2.02. The van der Waals surface area contributed by atoms with Crippen molar-refractivity contribution in [3.8, 4) is 6.07 Å². The van der Waals surface area contributed by atoms with Gasteiger partial charge in [-0.1, -0.05) is 66.7 Å². The SMILES string of the molecule is CCOC(=O)C1=C(c2ccccc2)NC(SCc2ccccc2)=C(C#N)C1c1cccnc1. The summed E-state index contributed by atoms with van der Waals surface area (Å²) in [5, 5.41) is 14.4. The molecule has 5 nitrogen and oxygen atoms in total. The molecule has 1 aliphatic heterocycles. The molecular weight excluding hydrogens is 430 g/mol. The fraction of sp³-hybridized carbons (Fsp3) is 0.148. The van der Waals surface area contributed by atoms with Crippen LogP contribution in [0.25, 0.3) is 5.70 Å². The van der Waals surface area contributed by atoms with Crippen molar-refractivity contribution in [2.24, 2.45) is 0 Å². The average Bonchev–Trinajstić information content (AvgIpc) is 2.88. The van der Waals surface area contributed by atoms with Crippen LogP contribution in [0.3, 0.4) is 0 Å². The molecule has 2 heterocycles. The zero-order chi connectivity index (χ0) is 23.0. The van der Waals surface area contributed by atoms with Crippen LogP contribution in [-0.4, -0.2) is 17.6 Å². The molecule has 0 bridgehead atoms. The lowest BCUT2D eigenvalue weighted by Crippen LogP contribution is -2.29. The van der Waals surface area contributed by atoms with Gasteiger partial charge < -0.3 is 10.1 Å². The highest BCUT2D eigenvalue weighted by atomic mass is 32.2. The number of pyridine rings is 1. The molecule has 0 aliphatic carbocycles. The van der Waals surface area contributed by atoms with Crippen molar-refractivity contribution in [1.29, 1.82) is 5.26 Å². The van der Waals surface area contributed by atoms with E-state index in [2.05, 4.69) is 28.5 Å². The van der Waals surface area contributed by atoms with E-state index >= 15 is 0 Å². The number of esters is 1. The highest BCUT2D eigenvalue weighted by Gasteiger charge is 2.37. The first-order valence-corrected chi connectivity index (χ1v) is 11.7. The van der Waals surface area contributed by atoms with Crippen LogP contribution in [0.15, 0.2) is 101 Å². The summed E-state index contributed by atoms with van der Waals surface area (Å²) < 4.78 is 5.45. The highest BCUT2D eigenvalue weighted by molar-refractivity contribution is 8.02. The third kappa shape index (κ3) is 5.00. The number of allylic oxidation sites excluding steroid dienone is 1. The van der Waals surface area contributed by atoms with Gasteiger partial charge in [0.2, 0.25) is 0 Å². The van der Waals surface area contributed by atoms with Gasteiger partial charge in [-0.05, 0) is 29.7 Å². The second-order valence-electron chi connectivity index (χ2n) is 7.35. The molecular formula is C27H23N3O2S. The Kier molecular flexibility index (Phi) is 7.23. The number of nitriles is 1. The lowest BCUT2D eigenvalue weighted by atomic mass is 9.82. The number of aromatic nitrogens is 1. The number of nitrogens with zero attached hydrogens (tertiary/aromatic N) is 2. The van der Waals surface area contributed by atoms with Crippen molar-refractivity contribution in [2.45, 2.75) is 18.6 Å². The van der Waals surface area contributed by atoms with E-state index in [-0.39, 0.29) is 6.61 Å². The molecule has 33 heavy (non-hydrogen) atoms. The molecule has 0 radical (unpaired) electrons. The quantitative estimate of drug-likeness (QED) is 0.482. The van der Waals surface area contributed by atoms with E-state index in [9.17, 15) is 10.1 Å². The monoisotopic (exact) mass is 453 g/mol. The lowest BCUT2D eigenvalue weighted by Gasteiger charge is -2.30. The summed E-state index contributed by atoms with van der Waals surface area (Å²) in [5.41, 5.74) is 4.31. The zero-order valence-corrected chi connectivity index (χ0v) is 19.0. The predicted molar refractivity (Wildman–Crippen MR) is 130 cm³/mol. The number of hydrogen-bond acceptors (Lipinski definition) is 6. The second-order valence-corrected chi connectivity index (χ2v) is 8.33. The maximum Gasteiger partial charge on any atom is 0.337 e. The van der Waals surface area contributed by atoms with Crippen molar-refractivity contribution in [2.75, 3.05) is 6.61 Å². The summed E-state index contributed by atoms with van der Waals surface area (Å²) in [7, 11) is 0. The third-order valence-electron chi connectivity index (χ3n) is 5.25. The molecule has 2 aromatic carbocycles. The van der Waals surface area contributed by atoms with Gasteiger partial charge in [-0.2, -0.15) is 5.26 Å². The van der Waals surface area contributed by atoms with Gasteiger partial charge in [0, 0.05) is 18.1 Å². The van der Waals surface area contributed by atoms with Crippen LogP contribution in [0.4, 0.5) is 0 Å². The molecule has 1 unspecified atom stereocenters. The molecule has 1 aliphatic rings. The number of hydrogen-bond donors (Lipinski definition) is 1. The number of benzene rings is 2. The summed E-state index contributed by atoms with van der Waals surface area (Å²) in [6, 6.07) is 25.8. The van der Waals surface area contributed by atoms with Crippen molar-refractivity contribution in [3.63, 3.8) is 0 Å². The molecule has 0 fully saturated rings. The van der Waals surface area contributed by atoms with E-state index in [1.165, 1.54) is 0 Å². The largest absolute Gasteiger partial charge is 0.463 e. The summed E-state index contributed by atoms with van der Waals surface area (Å²) in [5.74, 6) is -0.347. The first-order valence-electron chi connectivity index (χ1n) is 10.7. The zero-order valence-electron chi connectivity index (χ0n) is 18.2. The van der Waals surface area contributed by atoms with Crippen LogP contribution in [0.2, 0.25) is 0 Å². The lowest BCUT2D eigenvalue weighted by molar-refractivity contribution is -0.138. The first-order chi connectivity index (χ1) is 16.2. The maximum atomic E-state index is 13.2. The Bertz CT molecular complexity index is 1220. The number of carbonyl (C=O) groups is 1. The fourth-order valence-electron chi connectivity index (χ4n) is 3.77. The average molecular weight is 454 g/mol. The predicted octanol–water partition coefficient (Wildman–Crippen LogP) is 5.41. The third-order valence-corrected chi connectivity index (χ3v) is 6.34. The van der Waals surface area contributed by atoms with Crippen LogP contribution >= 0.6 is 11.8 Å². The number of thioether (sulfide) groups is 1. The number of ether oxygens (including phenoxy) is 1. The Balaban J connectivity index is 1.86. The van der Waals surface area contributed by atoms with Crippen LogP contribution in [0, 0.1) is 11.3 Å². The number of nitrogens with one attached hydrogen (secondary N) is 1. The number of dihydropyridines is 1. The smallest absolute Gasteiger partial charge is 0.337 e. The van der Waals surface area contributed by atoms with Gasteiger partial charge in [-0.15, -0.1) is 11.8 Å². The molecule has 1 aromatic heterocycles. The molecule has 0 saturated heterocycles. The molecule has 0 amide bonds. The van der Waals surface area contributed by atoms with E-state index < -0.39 is 11.9 Å². The summed E-state index contributed by atoms with van der Waals surface area (Å²) in [4.78, 5) is 17.5. The van der Waals surface area contributed by atoms with E-state index in [1.807, 2.05) is 60.7 Å². The van der Waals surface area contributed by atoms with E-state index in [1.54, 1.807) is 31.1 Å². The number of carbonyl (C=O) groups excluding carboxylic acids is 1. The van der Waals surface area contributed by atoms with Crippen molar-refractivity contribution in [3.05, 3.63) is 118 Å². The van der Waals surface area contributed by atoms with E-state index in [4.69, 9.17) is 4.74 Å². The topological polar surface area (TPSA) is 75.0 Å². The Morgan fingerprint density at radius 2 is 1.82 bits per heavy atom. The van der Waals surface area contributed by atoms with Gasteiger partial charge in [0.1, 0.15) is 0 Å². The molecule has 4 rings (SSSR count). The van der Waals surface area contributed by atoms with Gasteiger partial charge in [0.25, 0.3) is 0 Å². The molecule has 1 N–H and O–H groups in total. The van der Waals surface area contributed by atoms with E-state index in [0.29, 0.717) is 22.6 Å². The molecule has 0 spiro atoms. The van der Waals surface area contributed by atoms with Gasteiger partial charge in [0.05, 0.1) is 40.5 Å². The van der Waals surface area contributed by atoms with Crippen LogP contribution < -0.4 is 5.32 Å². The Morgan fingerprint density at radius 3 is 2.45 bits per heavy atom. The molecule has 3 aromatic rings. The Labute approximate surface area is 197 Å². The summed E-state index contributed by atoms with van der Waals surface area (Å²) in [6.07, 6.45) is 3.38. The van der Waals surface area contributed by atoms with Gasteiger partial charge >= 0.3 is 5.97 Å². The van der Waals surface area contributed by atoms with Crippen LogP contribution in [-0.2, 0) is 15.3 Å². The fourth-order valence-corrected chi connectivity index (χ4v) is 4.76. The molecule has 6 heteroatoms. The van der Waals surface area contributed by atoms with Crippen molar-refractivity contribution in [1.82, 2.24) is 10.3 Å². The molecule has 1 atom stereocenters. The highest BCUT2D eigenvalue weighted by Crippen LogP contribution is 2.43. The van der Waals surface area contributed by atoms with Gasteiger partial charge in [-0.3, -0.25) is 4.98 Å². The summed E-state index contributed by atoms with van der Waals surface area (Å²) >= 11 is 1.55. The molecule has 164 valence electrons. The second kappa shape index (κ2) is 10.7. The van der Waals surface area contributed by atoms with Crippen molar-refractivity contribution >= 4 is 23.4 Å². The minimum Gasteiger partial charge on any atom is -0.463 e. The van der Waals surface area contributed by atoms with Gasteiger partial charge in [-0.25, -0.2) is 4.79 Å². The van der Waals surface area contributed by atoms with Crippen LogP contribution in [0.5, 0.6) is 0 Å². The maximum absolute atomic E-state index is 13.2. The number of rotatable bonds is 7. The minimum absolute atomic E-state index is 0.241. The Hall–Kier alpha value is -3.82. The van der Waals surface area contributed by atoms with Crippen LogP contribution in [0.1, 0.15) is 29.5 Å².